The molecule has 0 aromatic rings. The van der Waals surface area contributed by atoms with Gasteiger partial charge in [0.25, 0.3) is 0 Å². The largest absolute Gasteiger partial charge is 0.447 e. The molecule has 1 N–H and O–H groups in total. The van der Waals surface area contributed by atoms with E-state index < -0.39 is 6.09 Å². The molecule has 0 atom stereocenters. The van der Waals surface area contributed by atoms with Crippen molar-refractivity contribution in [2.75, 3.05) is 73.6 Å². The summed E-state index contributed by atoms with van der Waals surface area (Å²) in [6, 6.07) is 0. The average Bonchev–Trinajstić information content (AvgIpc) is 2.95. The number of ketones is 1. The van der Waals surface area contributed by atoms with Crippen LogP contribution in [0.1, 0.15) is 109 Å². The molecular weight excluding hydrogens is 562 g/mol. The fourth-order valence-corrected chi connectivity index (χ4v) is 2.30. The highest BCUT2D eigenvalue weighted by Gasteiger charge is 2.14. The molecule has 0 radical (unpaired) electrons. The van der Waals surface area contributed by atoms with Gasteiger partial charge in [-0.2, -0.15) is 0 Å². The summed E-state index contributed by atoms with van der Waals surface area (Å²) in [5.41, 5.74) is 0.574. The molecular formula is C35H75NO8. The molecule has 44 heavy (non-hydrogen) atoms. The molecule has 0 rings (SSSR count). The molecule has 0 aliphatic rings. The summed E-state index contributed by atoms with van der Waals surface area (Å²) < 4.78 is 29.9. The number of rotatable bonds is 21. The van der Waals surface area contributed by atoms with Gasteiger partial charge in [0.05, 0.1) is 58.9 Å². The van der Waals surface area contributed by atoms with Crippen LogP contribution in [0, 0.1) is 29.1 Å². The van der Waals surface area contributed by atoms with Gasteiger partial charge in [0.1, 0.15) is 6.61 Å². The van der Waals surface area contributed by atoms with E-state index >= 15 is 0 Å². The van der Waals surface area contributed by atoms with E-state index in [-0.39, 0.29) is 24.9 Å². The number of hydrogen-bond donors (Lipinski definition) is 1. The maximum absolute atomic E-state index is 11.2. The highest BCUT2D eigenvalue weighted by Crippen LogP contribution is 2.27. The number of ether oxygens (including phenoxy) is 6. The molecule has 0 fully saturated rings. The van der Waals surface area contributed by atoms with E-state index in [1.807, 2.05) is 13.8 Å². The van der Waals surface area contributed by atoms with Gasteiger partial charge in [-0.3, -0.25) is 4.79 Å². The van der Waals surface area contributed by atoms with E-state index in [2.05, 4.69) is 67.6 Å². The van der Waals surface area contributed by atoms with Crippen LogP contribution in [0.2, 0.25) is 0 Å². The second kappa shape index (κ2) is 34.6. The van der Waals surface area contributed by atoms with Gasteiger partial charge in [0, 0.05) is 20.1 Å². The van der Waals surface area contributed by atoms with Crippen LogP contribution >= 0.6 is 0 Å². The van der Waals surface area contributed by atoms with Crippen molar-refractivity contribution in [1.82, 2.24) is 5.32 Å². The van der Waals surface area contributed by atoms with Gasteiger partial charge in [0.15, 0.2) is 5.78 Å². The Morgan fingerprint density at radius 1 is 0.682 bits per heavy atom. The number of carbonyl (C=O) groups is 2. The third-order valence-electron chi connectivity index (χ3n) is 6.74. The van der Waals surface area contributed by atoms with Gasteiger partial charge in [-0.05, 0) is 43.4 Å². The minimum Gasteiger partial charge on any atom is -0.447 e. The smallest absolute Gasteiger partial charge is 0.407 e. The van der Waals surface area contributed by atoms with E-state index in [1.54, 1.807) is 28.1 Å². The number of methoxy groups -OCH3 is 2. The Labute approximate surface area is 273 Å². The van der Waals surface area contributed by atoms with Crippen molar-refractivity contribution in [3.8, 4) is 0 Å². The molecule has 0 aromatic carbocycles. The lowest BCUT2D eigenvalue weighted by Crippen LogP contribution is -2.32. The molecule has 0 unspecified atom stereocenters. The minimum absolute atomic E-state index is 0.00102. The molecule has 9 nitrogen and oxygen atoms in total. The van der Waals surface area contributed by atoms with Gasteiger partial charge in [-0.1, -0.05) is 89.0 Å². The zero-order valence-electron chi connectivity index (χ0n) is 31.6. The molecule has 0 heterocycles. The third kappa shape index (κ3) is 47.7. The average molecular weight is 638 g/mol. The van der Waals surface area contributed by atoms with Crippen LogP contribution in [0.5, 0.6) is 0 Å². The minimum atomic E-state index is -0.602. The predicted octanol–water partition coefficient (Wildman–Crippen LogP) is 7.83. The Bertz CT molecular complexity index is 602. The Kier molecular flexibility index (Phi) is 39.0. The number of hydrogen-bond acceptors (Lipinski definition) is 8. The lowest BCUT2D eigenvalue weighted by atomic mass is 9.83. The number of Topliss-reactive ketones (excluding diaryl/α,β-unsaturated/α-hetero) is 1. The third-order valence-corrected chi connectivity index (χ3v) is 6.74. The number of carbonyl (C=O) groups excluding carboxylic acids is 2. The van der Waals surface area contributed by atoms with Crippen molar-refractivity contribution in [3.63, 3.8) is 0 Å². The fraction of sp³-hybridized carbons (Fsp3) is 0.943. The Balaban J connectivity index is -0.000000258. The molecule has 1 amide bonds. The monoisotopic (exact) mass is 638 g/mol. The highest BCUT2D eigenvalue weighted by atomic mass is 16.6. The SMILES string of the molecule is CC(C)C(C)C.CCC(C)(C)CCC(C)C.COCCOCCOC(=O)NCC(=O)C(C)C.COCCOCCOC(C)C. The maximum atomic E-state index is 11.2. The molecule has 9 heteroatoms. The van der Waals surface area contributed by atoms with Crippen molar-refractivity contribution >= 4 is 11.9 Å². The van der Waals surface area contributed by atoms with Gasteiger partial charge >= 0.3 is 6.09 Å². The first-order valence-corrected chi connectivity index (χ1v) is 16.6. The normalized spacial score (nSPS) is 11.1. The molecule has 0 aliphatic carbocycles. The molecule has 0 bridgehead atoms. The van der Waals surface area contributed by atoms with Crippen LogP contribution in [0.4, 0.5) is 4.79 Å². The first kappa shape index (κ1) is 49.6. The molecule has 0 spiro atoms. The van der Waals surface area contributed by atoms with Crippen LogP contribution in [0.15, 0.2) is 0 Å². The lowest BCUT2D eigenvalue weighted by Gasteiger charge is -2.23. The Morgan fingerprint density at radius 2 is 1.14 bits per heavy atom. The highest BCUT2D eigenvalue weighted by molar-refractivity contribution is 5.85. The zero-order valence-corrected chi connectivity index (χ0v) is 31.6. The van der Waals surface area contributed by atoms with Crippen LogP contribution in [-0.4, -0.2) is 91.6 Å². The predicted molar refractivity (Wildman–Crippen MR) is 183 cm³/mol. The second-order valence-electron chi connectivity index (χ2n) is 13.2. The van der Waals surface area contributed by atoms with Crippen LogP contribution in [0.25, 0.3) is 0 Å². The van der Waals surface area contributed by atoms with Crippen molar-refractivity contribution in [1.29, 1.82) is 0 Å². The summed E-state index contributed by atoms with van der Waals surface area (Å²) in [6.45, 7) is 32.2. The molecule has 0 saturated carbocycles. The summed E-state index contributed by atoms with van der Waals surface area (Å²) in [7, 11) is 3.24. The van der Waals surface area contributed by atoms with Gasteiger partial charge in [0.2, 0.25) is 0 Å². The van der Waals surface area contributed by atoms with Crippen LogP contribution in [-0.2, 0) is 33.2 Å². The van der Waals surface area contributed by atoms with Crippen molar-refractivity contribution in [3.05, 3.63) is 0 Å². The van der Waals surface area contributed by atoms with Crippen molar-refractivity contribution in [2.45, 2.75) is 115 Å². The van der Waals surface area contributed by atoms with E-state index in [0.29, 0.717) is 57.8 Å². The second-order valence-corrected chi connectivity index (χ2v) is 13.2. The number of amides is 1. The zero-order chi connectivity index (χ0) is 35.0. The van der Waals surface area contributed by atoms with Gasteiger partial charge in [-0.15, -0.1) is 0 Å². The van der Waals surface area contributed by atoms with E-state index in [1.165, 1.54) is 19.3 Å². The van der Waals surface area contributed by atoms with Crippen molar-refractivity contribution in [2.24, 2.45) is 29.1 Å². The first-order chi connectivity index (χ1) is 20.5. The van der Waals surface area contributed by atoms with E-state index in [4.69, 9.17) is 28.4 Å². The number of nitrogens with one attached hydrogen (secondary N) is 1. The summed E-state index contributed by atoms with van der Waals surface area (Å²) in [6.07, 6.45) is 3.75. The van der Waals surface area contributed by atoms with Crippen LogP contribution in [0.3, 0.4) is 0 Å². The van der Waals surface area contributed by atoms with E-state index in [9.17, 15) is 9.59 Å². The summed E-state index contributed by atoms with van der Waals surface area (Å²) in [4.78, 5) is 22.3. The molecule has 0 aliphatic heterocycles. The fourth-order valence-electron chi connectivity index (χ4n) is 2.30. The first-order valence-electron chi connectivity index (χ1n) is 16.6. The molecule has 0 aromatic heterocycles. The standard InChI is InChI=1S/C11H21NO5.C10H22.C8H18O3.C6H14/c1-9(2)10(13)8-12-11(14)17-7-6-16-5-4-15-3;1-6-10(4,5)8-7-9(2)3;1-8(2)11-7-6-10-5-4-9-3;1-5(2)6(3)4/h9H,4-8H2,1-3H3,(H,12,14);9H,6-8H2,1-5H3;8H,4-7H2,1-3H3;5-6H,1-4H3. The summed E-state index contributed by atoms with van der Waals surface area (Å²) in [5.74, 6) is 2.45. The Hall–Kier alpha value is -1.26. The molecule has 268 valence electrons. The quantitative estimate of drug-likeness (QED) is 0.127. The van der Waals surface area contributed by atoms with E-state index in [0.717, 1.165) is 17.8 Å². The number of alkyl carbamates (subject to hydrolysis) is 1. The molecule has 0 saturated heterocycles. The summed E-state index contributed by atoms with van der Waals surface area (Å²) in [5, 5.41) is 2.37. The summed E-state index contributed by atoms with van der Waals surface area (Å²) >= 11 is 0. The van der Waals surface area contributed by atoms with Gasteiger partial charge in [-0.25, -0.2) is 4.79 Å². The maximum Gasteiger partial charge on any atom is 0.407 e. The van der Waals surface area contributed by atoms with Gasteiger partial charge < -0.3 is 33.7 Å². The van der Waals surface area contributed by atoms with Crippen LogP contribution < -0.4 is 5.32 Å². The lowest BCUT2D eigenvalue weighted by molar-refractivity contribution is -0.121. The topological polar surface area (TPSA) is 102 Å². The van der Waals surface area contributed by atoms with Crippen molar-refractivity contribution < 1.29 is 38.0 Å². The Morgan fingerprint density at radius 3 is 1.50 bits per heavy atom.